The lowest BCUT2D eigenvalue weighted by Crippen LogP contribution is -2.52. The second-order valence-corrected chi connectivity index (χ2v) is 8.15. The van der Waals surface area contributed by atoms with Crippen molar-refractivity contribution >= 4 is 11.7 Å². The van der Waals surface area contributed by atoms with E-state index in [1.807, 2.05) is 24.3 Å². The van der Waals surface area contributed by atoms with Crippen LogP contribution >= 0.6 is 0 Å². The predicted octanol–water partition coefficient (Wildman–Crippen LogP) is 2.10. The number of amides is 2. The summed E-state index contributed by atoms with van der Waals surface area (Å²) in [5.74, 6) is 1.18. The van der Waals surface area contributed by atoms with E-state index in [2.05, 4.69) is 15.5 Å². The van der Waals surface area contributed by atoms with Crippen molar-refractivity contribution < 1.29 is 23.7 Å². The summed E-state index contributed by atoms with van der Waals surface area (Å²) in [7, 11) is 0. The van der Waals surface area contributed by atoms with Gasteiger partial charge < -0.3 is 29.6 Å². The van der Waals surface area contributed by atoms with E-state index in [1.165, 1.54) is 0 Å². The van der Waals surface area contributed by atoms with Crippen molar-refractivity contribution in [2.75, 3.05) is 64.6 Å². The van der Waals surface area contributed by atoms with E-state index in [-0.39, 0.29) is 18.2 Å². The first kappa shape index (κ1) is 21.4. The van der Waals surface area contributed by atoms with E-state index >= 15 is 0 Å². The third kappa shape index (κ3) is 6.07. The minimum atomic E-state index is -0.205. The van der Waals surface area contributed by atoms with Crippen molar-refractivity contribution in [3.8, 4) is 5.75 Å². The number of carbonyl (C=O) groups is 1. The lowest BCUT2D eigenvalue weighted by Gasteiger charge is -2.37. The Bertz CT molecular complexity index is 670. The largest absolute Gasteiger partial charge is 0.491 e. The molecule has 0 aliphatic carbocycles. The molecule has 3 fully saturated rings. The Morgan fingerprint density at radius 3 is 2.83 bits per heavy atom. The van der Waals surface area contributed by atoms with E-state index in [1.54, 1.807) is 0 Å². The first-order valence-corrected chi connectivity index (χ1v) is 11.1. The molecule has 3 heterocycles. The number of hydrogen-bond acceptors (Lipinski definition) is 6. The Morgan fingerprint density at radius 1 is 1.17 bits per heavy atom. The molecule has 1 aromatic carbocycles. The van der Waals surface area contributed by atoms with Gasteiger partial charge in [0.25, 0.3) is 0 Å². The summed E-state index contributed by atoms with van der Waals surface area (Å²) < 4.78 is 22.5. The van der Waals surface area contributed by atoms with Gasteiger partial charge in [0, 0.05) is 56.6 Å². The van der Waals surface area contributed by atoms with Crippen molar-refractivity contribution in [3.05, 3.63) is 24.3 Å². The van der Waals surface area contributed by atoms with E-state index in [4.69, 9.17) is 18.9 Å². The summed E-state index contributed by atoms with van der Waals surface area (Å²) in [5, 5.41) is 5.98. The SMILES string of the molecule is O=C(NC[C@H]([C@H]1CCOC1)N1CCOCC1)Nc1cccc(OC[C@H]2CCCO2)c1. The van der Waals surface area contributed by atoms with Gasteiger partial charge in [-0.2, -0.15) is 0 Å². The zero-order valence-electron chi connectivity index (χ0n) is 17.5. The Morgan fingerprint density at radius 2 is 2.07 bits per heavy atom. The third-order valence-electron chi connectivity index (χ3n) is 6.05. The first-order valence-electron chi connectivity index (χ1n) is 11.1. The van der Waals surface area contributed by atoms with Crippen LogP contribution in [0.5, 0.6) is 5.75 Å². The van der Waals surface area contributed by atoms with Gasteiger partial charge in [0.2, 0.25) is 0 Å². The highest BCUT2D eigenvalue weighted by molar-refractivity contribution is 5.89. The Labute approximate surface area is 178 Å². The summed E-state index contributed by atoms with van der Waals surface area (Å²) in [6, 6.07) is 7.55. The number of carbonyl (C=O) groups excluding carboxylic acids is 1. The maximum atomic E-state index is 12.5. The highest BCUT2D eigenvalue weighted by Crippen LogP contribution is 2.22. The van der Waals surface area contributed by atoms with Crippen LogP contribution in [-0.2, 0) is 14.2 Å². The molecule has 2 amide bonds. The van der Waals surface area contributed by atoms with Crippen molar-refractivity contribution in [1.82, 2.24) is 10.2 Å². The lowest BCUT2D eigenvalue weighted by molar-refractivity contribution is 0.00222. The zero-order chi connectivity index (χ0) is 20.6. The number of morpholine rings is 1. The zero-order valence-corrected chi connectivity index (χ0v) is 17.5. The van der Waals surface area contributed by atoms with Gasteiger partial charge in [0.1, 0.15) is 12.4 Å². The molecule has 0 radical (unpaired) electrons. The molecule has 0 aromatic heterocycles. The maximum Gasteiger partial charge on any atom is 0.319 e. The summed E-state index contributed by atoms with van der Waals surface area (Å²) in [4.78, 5) is 15.0. The van der Waals surface area contributed by atoms with Crippen LogP contribution in [-0.4, -0.2) is 82.4 Å². The first-order chi connectivity index (χ1) is 14.8. The monoisotopic (exact) mass is 419 g/mol. The van der Waals surface area contributed by atoms with Crippen molar-refractivity contribution in [2.45, 2.75) is 31.4 Å². The standard InChI is InChI=1S/C22H33N3O5/c26-22(23-14-21(17-6-10-28-15-17)25-7-11-27-12-8-25)24-18-3-1-4-19(13-18)30-16-20-5-2-9-29-20/h1,3-4,13,17,20-21H,2,5-12,14-16H2,(H2,23,24,26)/t17-,20+,21+/m0/s1. The molecule has 30 heavy (non-hydrogen) atoms. The molecular weight excluding hydrogens is 386 g/mol. The molecule has 8 heteroatoms. The fraction of sp³-hybridized carbons (Fsp3) is 0.682. The van der Waals surface area contributed by atoms with Crippen molar-refractivity contribution in [1.29, 1.82) is 0 Å². The number of anilines is 1. The normalized spacial score (nSPS) is 25.7. The molecule has 3 aliphatic heterocycles. The number of benzene rings is 1. The molecule has 0 saturated carbocycles. The van der Waals surface area contributed by atoms with Gasteiger partial charge in [0.05, 0.1) is 25.9 Å². The molecule has 3 atom stereocenters. The maximum absolute atomic E-state index is 12.5. The van der Waals surface area contributed by atoms with Crippen LogP contribution in [0.25, 0.3) is 0 Å². The predicted molar refractivity (Wildman–Crippen MR) is 113 cm³/mol. The molecular formula is C22H33N3O5. The molecule has 0 spiro atoms. The summed E-state index contributed by atoms with van der Waals surface area (Å²) >= 11 is 0. The second kappa shape index (κ2) is 10.9. The van der Waals surface area contributed by atoms with E-state index in [0.29, 0.717) is 24.8 Å². The highest BCUT2D eigenvalue weighted by Gasteiger charge is 2.31. The summed E-state index contributed by atoms with van der Waals surface area (Å²) in [5.41, 5.74) is 0.712. The minimum Gasteiger partial charge on any atom is -0.491 e. The average Bonchev–Trinajstić information content (AvgIpc) is 3.48. The van der Waals surface area contributed by atoms with Gasteiger partial charge in [-0.15, -0.1) is 0 Å². The number of ether oxygens (including phenoxy) is 4. The van der Waals surface area contributed by atoms with Crippen LogP contribution in [0.1, 0.15) is 19.3 Å². The van der Waals surface area contributed by atoms with Gasteiger partial charge in [-0.1, -0.05) is 6.07 Å². The van der Waals surface area contributed by atoms with Crippen molar-refractivity contribution in [3.63, 3.8) is 0 Å². The van der Waals surface area contributed by atoms with Crippen LogP contribution in [0.15, 0.2) is 24.3 Å². The summed E-state index contributed by atoms with van der Waals surface area (Å²) in [6.07, 6.45) is 3.34. The van der Waals surface area contributed by atoms with Crippen LogP contribution in [0, 0.1) is 5.92 Å². The quantitative estimate of drug-likeness (QED) is 0.672. The molecule has 4 rings (SSSR count). The fourth-order valence-corrected chi connectivity index (χ4v) is 4.36. The molecule has 3 saturated heterocycles. The molecule has 3 aliphatic rings. The van der Waals surface area contributed by atoms with E-state index < -0.39 is 0 Å². The van der Waals surface area contributed by atoms with Gasteiger partial charge in [-0.05, 0) is 31.4 Å². The smallest absolute Gasteiger partial charge is 0.319 e. The third-order valence-corrected chi connectivity index (χ3v) is 6.05. The molecule has 0 unspecified atom stereocenters. The Kier molecular flexibility index (Phi) is 7.80. The fourth-order valence-electron chi connectivity index (χ4n) is 4.36. The Hall–Kier alpha value is -1.87. The molecule has 8 nitrogen and oxygen atoms in total. The minimum absolute atomic E-state index is 0.168. The number of urea groups is 1. The molecule has 1 aromatic rings. The van der Waals surface area contributed by atoms with Gasteiger partial charge in [-0.3, -0.25) is 4.90 Å². The van der Waals surface area contributed by atoms with Crippen LogP contribution in [0.3, 0.4) is 0 Å². The van der Waals surface area contributed by atoms with E-state index in [0.717, 1.165) is 71.1 Å². The number of nitrogens with one attached hydrogen (secondary N) is 2. The second-order valence-electron chi connectivity index (χ2n) is 8.15. The summed E-state index contributed by atoms with van der Waals surface area (Å²) in [6.45, 7) is 6.79. The van der Waals surface area contributed by atoms with Crippen LogP contribution < -0.4 is 15.4 Å². The molecule has 2 N–H and O–H groups in total. The molecule has 0 bridgehead atoms. The van der Waals surface area contributed by atoms with Crippen LogP contribution in [0.4, 0.5) is 10.5 Å². The number of nitrogens with zero attached hydrogens (tertiary/aromatic N) is 1. The lowest BCUT2D eigenvalue weighted by atomic mass is 9.97. The van der Waals surface area contributed by atoms with Crippen molar-refractivity contribution in [2.24, 2.45) is 5.92 Å². The topological polar surface area (TPSA) is 81.3 Å². The van der Waals surface area contributed by atoms with Crippen LogP contribution in [0.2, 0.25) is 0 Å². The average molecular weight is 420 g/mol. The van der Waals surface area contributed by atoms with Gasteiger partial charge in [-0.25, -0.2) is 4.79 Å². The number of hydrogen-bond donors (Lipinski definition) is 2. The van der Waals surface area contributed by atoms with Gasteiger partial charge in [0.15, 0.2) is 0 Å². The van der Waals surface area contributed by atoms with E-state index in [9.17, 15) is 4.79 Å². The van der Waals surface area contributed by atoms with Gasteiger partial charge >= 0.3 is 6.03 Å². The Balaban J connectivity index is 1.27. The highest BCUT2D eigenvalue weighted by atomic mass is 16.5. The number of rotatable bonds is 8. The molecule has 166 valence electrons.